The molecule has 23 heavy (non-hydrogen) atoms. The normalized spacial score (nSPS) is 16.7. The van der Waals surface area contributed by atoms with Crippen molar-refractivity contribution in [1.29, 1.82) is 0 Å². The zero-order valence-corrected chi connectivity index (χ0v) is 13.4. The summed E-state index contributed by atoms with van der Waals surface area (Å²) >= 11 is 0. The number of methoxy groups -OCH3 is 1. The predicted octanol–water partition coefficient (Wildman–Crippen LogP) is 2.99. The van der Waals surface area contributed by atoms with Crippen LogP contribution in [-0.2, 0) is 11.2 Å². The van der Waals surface area contributed by atoms with Crippen molar-refractivity contribution in [1.82, 2.24) is 10.2 Å². The number of rotatable bonds is 4. The topological polar surface area (TPSA) is 41.6 Å². The van der Waals surface area contributed by atoms with E-state index in [-0.39, 0.29) is 12.1 Å². The summed E-state index contributed by atoms with van der Waals surface area (Å²) in [4.78, 5) is 14.5. The molecule has 3 rings (SSSR count). The molecule has 0 bridgehead atoms. The predicted molar refractivity (Wildman–Crippen MR) is 90.4 cm³/mol. The van der Waals surface area contributed by atoms with Crippen LogP contribution in [0.1, 0.15) is 22.7 Å². The molecule has 1 N–H and O–H groups in total. The molecule has 1 unspecified atom stereocenters. The van der Waals surface area contributed by atoms with E-state index in [1.165, 1.54) is 11.1 Å². The zero-order chi connectivity index (χ0) is 16.1. The molecule has 1 atom stereocenters. The second kappa shape index (κ2) is 7.29. The second-order valence-electron chi connectivity index (χ2n) is 5.68. The summed E-state index contributed by atoms with van der Waals surface area (Å²) in [6.07, 6.45) is 0.886. The SMILES string of the molecule is COCCNC(=O)N1CCc2ccccc2C1c1ccccc1. The second-order valence-corrected chi connectivity index (χ2v) is 5.68. The lowest BCUT2D eigenvalue weighted by Crippen LogP contribution is -2.46. The maximum absolute atomic E-state index is 12.6. The molecule has 4 heteroatoms. The number of nitrogens with zero attached hydrogens (tertiary/aromatic N) is 1. The smallest absolute Gasteiger partial charge is 0.318 e. The Kier molecular flexibility index (Phi) is 4.93. The van der Waals surface area contributed by atoms with Crippen LogP contribution < -0.4 is 5.32 Å². The van der Waals surface area contributed by atoms with Crippen LogP contribution in [0.15, 0.2) is 54.6 Å². The van der Waals surface area contributed by atoms with Gasteiger partial charge in [-0.15, -0.1) is 0 Å². The monoisotopic (exact) mass is 310 g/mol. The van der Waals surface area contributed by atoms with Crippen LogP contribution >= 0.6 is 0 Å². The first-order valence-electron chi connectivity index (χ1n) is 7.97. The van der Waals surface area contributed by atoms with Crippen LogP contribution in [0.3, 0.4) is 0 Å². The molecule has 2 aromatic carbocycles. The van der Waals surface area contributed by atoms with E-state index in [0.717, 1.165) is 18.5 Å². The van der Waals surface area contributed by atoms with Crippen molar-refractivity contribution in [3.05, 3.63) is 71.3 Å². The summed E-state index contributed by atoms with van der Waals surface area (Å²) in [6, 6.07) is 18.5. The van der Waals surface area contributed by atoms with Gasteiger partial charge in [-0.3, -0.25) is 0 Å². The molecule has 0 aliphatic carbocycles. The van der Waals surface area contributed by atoms with Gasteiger partial charge >= 0.3 is 6.03 Å². The highest BCUT2D eigenvalue weighted by molar-refractivity contribution is 5.76. The van der Waals surface area contributed by atoms with E-state index in [1.54, 1.807) is 7.11 Å². The Labute approximate surface area is 137 Å². The van der Waals surface area contributed by atoms with E-state index < -0.39 is 0 Å². The number of nitrogens with one attached hydrogen (secondary N) is 1. The quantitative estimate of drug-likeness (QED) is 0.882. The molecular formula is C19H22N2O2. The molecule has 2 amide bonds. The number of benzene rings is 2. The Hall–Kier alpha value is -2.33. The first kappa shape index (κ1) is 15.6. The standard InChI is InChI=1S/C19H22N2O2/c1-23-14-12-20-19(22)21-13-11-15-7-5-6-10-17(15)18(21)16-8-3-2-4-9-16/h2-10,18H,11-14H2,1H3,(H,20,22). The van der Waals surface area contributed by atoms with E-state index in [1.807, 2.05) is 29.2 Å². The Bertz CT molecular complexity index is 657. The number of hydrogen-bond donors (Lipinski definition) is 1. The third kappa shape index (κ3) is 3.37. The molecule has 120 valence electrons. The van der Waals surface area contributed by atoms with E-state index in [0.29, 0.717) is 13.2 Å². The number of ether oxygens (including phenoxy) is 1. The summed E-state index contributed by atoms with van der Waals surface area (Å²) in [5, 5.41) is 2.95. The number of carbonyl (C=O) groups excluding carboxylic acids is 1. The lowest BCUT2D eigenvalue weighted by Gasteiger charge is -2.37. The summed E-state index contributed by atoms with van der Waals surface area (Å²) in [6.45, 7) is 1.76. The zero-order valence-electron chi connectivity index (χ0n) is 13.4. The van der Waals surface area contributed by atoms with Gasteiger partial charge in [0.05, 0.1) is 12.6 Å². The molecular weight excluding hydrogens is 288 g/mol. The molecule has 0 fully saturated rings. The molecule has 0 aromatic heterocycles. The van der Waals surface area contributed by atoms with Gasteiger partial charge in [-0.1, -0.05) is 54.6 Å². The van der Waals surface area contributed by atoms with Crippen LogP contribution in [0.25, 0.3) is 0 Å². The van der Waals surface area contributed by atoms with Gasteiger partial charge in [0.2, 0.25) is 0 Å². The van der Waals surface area contributed by atoms with Crippen molar-refractivity contribution in [2.45, 2.75) is 12.5 Å². The van der Waals surface area contributed by atoms with Crippen LogP contribution in [0.4, 0.5) is 4.79 Å². The number of fused-ring (bicyclic) bond motifs is 1. The Morgan fingerprint density at radius 2 is 1.91 bits per heavy atom. The third-order valence-electron chi connectivity index (χ3n) is 4.24. The van der Waals surface area contributed by atoms with E-state index in [2.05, 4.69) is 35.6 Å². The summed E-state index contributed by atoms with van der Waals surface area (Å²) in [5.74, 6) is 0. The largest absolute Gasteiger partial charge is 0.383 e. The van der Waals surface area contributed by atoms with Gasteiger partial charge in [-0.25, -0.2) is 4.79 Å². The lowest BCUT2D eigenvalue weighted by atomic mass is 9.88. The third-order valence-corrected chi connectivity index (χ3v) is 4.24. The number of hydrogen-bond acceptors (Lipinski definition) is 2. The fraction of sp³-hybridized carbons (Fsp3) is 0.316. The van der Waals surface area contributed by atoms with E-state index in [9.17, 15) is 4.79 Å². The van der Waals surface area contributed by atoms with Crippen LogP contribution in [0.5, 0.6) is 0 Å². The van der Waals surface area contributed by atoms with Gasteiger partial charge in [0.15, 0.2) is 0 Å². The molecule has 1 aliphatic heterocycles. The van der Waals surface area contributed by atoms with E-state index >= 15 is 0 Å². The molecule has 4 nitrogen and oxygen atoms in total. The average molecular weight is 310 g/mol. The van der Waals surface area contributed by atoms with Gasteiger partial charge in [0.25, 0.3) is 0 Å². The van der Waals surface area contributed by atoms with Crippen molar-refractivity contribution in [2.24, 2.45) is 0 Å². The maximum Gasteiger partial charge on any atom is 0.318 e. The van der Waals surface area contributed by atoms with Gasteiger partial charge in [0, 0.05) is 20.2 Å². The van der Waals surface area contributed by atoms with Crippen molar-refractivity contribution < 1.29 is 9.53 Å². The Morgan fingerprint density at radius 1 is 1.17 bits per heavy atom. The molecule has 0 spiro atoms. The van der Waals surface area contributed by atoms with Crippen molar-refractivity contribution in [3.63, 3.8) is 0 Å². The molecule has 0 saturated heterocycles. The molecule has 1 heterocycles. The van der Waals surface area contributed by atoms with Crippen molar-refractivity contribution in [2.75, 3.05) is 26.8 Å². The van der Waals surface area contributed by atoms with Gasteiger partial charge in [-0.05, 0) is 23.1 Å². The van der Waals surface area contributed by atoms with Crippen molar-refractivity contribution in [3.8, 4) is 0 Å². The highest BCUT2D eigenvalue weighted by atomic mass is 16.5. The number of carbonyl (C=O) groups is 1. The minimum absolute atomic E-state index is 0.0367. The Morgan fingerprint density at radius 3 is 2.70 bits per heavy atom. The van der Waals surface area contributed by atoms with Gasteiger partial charge in [0.1, 0.15) is 0 Å². The van der Waals surface area contributed by atoms with Crippen molar-refractivity contribution >= 4 is 6.03 Å². The first-order chi connectivity index (χ1) is 11.3. The van der Waals surface area contributed by atoms with Gasteiger partial charge < -0.3 is 15.0 Å². The summed E-state index contributed by atoms with van der Waals surface area (Å²) in [7, 11) is 1.63. The minimum atomic E-state index is -0.0382. The average Bonchev–Trinajstić information content (AvgIpc) is 2.61. The minimum Gasteiger partial charge on any atom is -0.383 e. The van der Waals surface area contributed by atoms with E-state index in [4.69, 9.17) is 4.74 Å². The number of urea groups is 1. The molecule has 0 radical (unpaired) electrons. The summed E-state index contributed by atoms with van der Waals surface area (Å²) in [5.41, 5.74) is 3.68. The molecule has 1 aliphatic rings. The van der Waals surface area contributed by atoms with Crippen LogP contribution in [0.2, 0.25) is 0 Å². The molecule has 0 saturated carbocycles. The Balaban J connectivity index is 1.91. The van der Waals surface area contributed by atoms with Gasteiger partial charge in [-0.2, -0.15) is 0 Å². The summed E-state index contributed by atoms with van der Waals surface area (Å²) < 4.78 is 5.01. The molecule has 2 aromatic rings. The highest BCUT2D eigenvalue weighted by Gasteiger charge is 2.31. The lowest BCUT2D eigenvalue weighted by molar-refractivity contribution is 0.168. The fourth-order valence-corrected chi connectivity index (χ4v) is 3.14. The van der Waals surface area contributed by atoms with Crippen LogP contribution in [-0.4, -0.2) is 37.7 Å². The van der Waals surface area contributed by atoms with Crippen LogP contribution in [0, 0.1) is 0 Å². The number of amides is 2. The fourth-order valence-electron chi connectivity index (χ4n) is 3.14. The highest BCUT2D eigenvalue weighted by Crippen LogP contribution is 2.34. The maximum atomic E-state index is 12.6. The first-order valence-corrected chi connectivity index (χ1v) is 7.97.